The predicted molar refractivity (Wildman–Crippen MR) is 212 cm³/mol. The number of aromatic nitrogens is 4. The number of fused-ring (bicyclic) bond motifs is 15. The number of aryl methyl sites for hydroxylation is 2. The average Bonchev–Trinajstić information content (AvgIpc) is 3.61. The van der Waals surface area contributed by atoms with E-state index in [-0.39, 0.29) is 11.5 Å². The fraction of sp³-hybridized carbons (Fsp3) is 0.311. The number of hydrogen-bond donors (Lipinski definition) is 0. The van der Waals surface area contributed by atoms with Gasteiger partial charge in [-0.2, -0.15) is 9.13 Å². The van der Waals surface area contributed by atoms with Crippen molar-refractivity contribution >= 4 is 51.9 Å². The molecule has 0 aliphatic carbocycles. The van der Waals surface area contributed by atoms with E-state index < -0.39 is 8.07 Å². The molecule has 0 amide bonds. The maximum atomic E-state index is 6.79. The van der Waals surface area contributed by atoms with Crippen LogP contribution in [0.15, 0.2) is 102 Å². The molecule has 0 N–H and O–H groups in total. The molecule has 256 valence electrons. The Morgan fingerprint density at radius 3 is 2.57 bits per heavy atom. The minimum Gasteiger partial charge on any atom is -0.455 e. The van der Waals surface area contributed by atoms with Crippen molar-refractivity contribution in [3.05, 3.63) is 115 Å². The molecule has 2 unspecified atom stereocenters. The van der Waals surface area contributed by atoms with Crippen LogP contribution in [0.4, 0.5) is 0 Å². The van der Waals surface area contributed by atoms with Gasteiger partial charge in [-0.05, 0) is 53.5 Å². The number of pyridine rings is 2. The minimum absolute atomic E-state index is 0.198. The summed E-state index contributed by atoms with van der Waals surface area (Å²) < 4.78 is 14.2. The second kappa shape index (κ2) is 11.3. The van der Waals surface area contributed by atoms with E-state index in [1.54, 1.807) is 5.19 Å². The van der Waals surface area contributed by atoms with Gasteiger partial charge in [0.1, 0.15) is 16.8 Å². The number of benzene rings is 3. The number of para-hydroxylation sites is 1. The number of allylic oxidation sites excluding steroid dienone is 1. The molecule has 4 aromatic heterocycles. The SMILES string of the molecule is C=C1CC2C(CCc3ccc4c(oc5ccccc54)c3-c3n1c1ccncc1[n+]3C)c1ccccc1-c1cc(CC(C)(C)C)c([Si](C)(C)C)c[n+]12. The molecule has 2 aliphatic heterocycles. The molecule has 2 aliphatic rings. The Bertz CT molecular complexity index is 2560. The first kappa shape index (κ1) is 32.1. The highest BCUT2D eigenvalue weighted by atomic mass is 28.3. The molecule has 6 heterocycles. The van der Waals surface area contributed by atoms with E-state index in [1.807, 2.05) is 12.4 Å². The summed E-state index contributed by atoms with van der Waals surface area (Å²) in [6.45, 7) is 19.6. The van der Waals surface area contributed by atoms with E-state index in [1.165, 1.54) is 27.9 Å². The highest BCUT2D eigenvalue weighted by Crippen LogP contribution is 2.47. The standard InChI is InChI=1S/C45H48N4OSi/c1-28-23-37-33(31-13-9-10-14-32(31)38-24-30(25-45(2,3)4)41(27-48(37)38)51(6,7)8)19-17-29-18-20-35-34-15-11-12-16-40(34)50-43(35)42(29)44-47(5)39-26-46-22-21-36(39)49(28)44/h9-16,18,20-22,24,26-27,33,37H,1,17,19,23,25H2,2-8H3/q+2. The van der Waals surface area contributed by atoms with Crippen LogP contribution in [0.2, 0.25) is 19.6 Å². The first-order chi connectivity index (χ1) is 24.4. The van der Waals surface area contributed by atoms with Crippen LogP contribution in [0.25, 0.3) is 61.3 Å². The molecule has 3 aromatic carbocycles. The van der Waals surface area contributed by atoms with E-state index in [2.05, 4.69) is 145 Å². The molecule has 0 saturated heterocycles. The largest absolute Gasteiger partial charge is 0.455 e. The van der Waals surface area contributed by atoms with Gasteiger partial charge >= 0.3 is 0 Å². The maximum absolute atomic E-state index is 6.79. The van der Waals surface area contributed by atoms with Crippen LogP contribution in [0, 0.1) is 5.41 Å². The number of imidazole rings is 1. The Morgan fingerprint density at radius 2 is 1.76 bits per heavy atom. The Hall–Kier alpha value is -4.81. The van der Waals surface area contributed by atoms with Crippen LogP contribution in [-0.4, -0.2) is 17.6 Å². The van der Waals surface area contributed by atoms with Gasteiger partial charge in [-0.3, -0.25) is 4.98 Å². The summed E-state index contributed by atoms with van der Waals surface area (Å²) in [5.41, 5.74) is 13.5. The van der Waals surface area contributed by atoms with Crippen molar-refractivity contribution in [2.75, 3.05) is 0 Å². The number of rotatable bonds is 2. The Kier molecular flexibility index (Phi) is 7.14. The zero-order valence-electron chi connectivity index (χ0n) is 31.0. The lowest BCUT2D eigenvalue weighted by molar-refractivity contribution is -0.716. The summed E-state index contributed by atoms with van der Waals surface area (Å²) >= 11 is 0. The number of furan rings is 1. The summed E-state index contributed by atoms with van der Waals surface area (Å²) in [7, 11) is 0.477. The zero-order valence-corrected chi connectivity index (χ0v) is 32.0. The van der Waals surface area contributed by atoms with Crippen molar-refractivity contribution in [2.45, 2.75) is 78.1 Å². The van der Waals surface area contributed by atoms with E-state index in [9.17, 15) is 0 Å². The van der Waals surface area contributed by atoms with Crippen LogP contribution in [0.3, 0.4) is 0 Å². The molecule has 0 spiro atoms. The normalized spacial score (nSPS) is 17.6. The Labute approximate surface area is 301 Å². The van der Waals surface area contributed by atoms with E-state index >= 15 is 0 Å². The second-order valence-corrected chi connectivity index (χ2v) is 22.3. The van der Waals surface area contributed by atoms with E-state index in [0.717, 1.165) is 75.7 Å². The molecule has 0 bridgehead atoms. The number of hydrogen-bond acceptors (Lipinski definition) is 2. The quantitative estimate of drug-likeness (QED) is 0.134. The van der Waals surface area contributed by atoms with Crippen molar-refractivity contribution in [3.63, 3.8) is 0 Å². The van der Waals surface area contributed by atoms with Gasteiger partial charge in [-0.25, -0.2) is 4.57 Å². The highest BCUT2D eigenvalue weighted by Gasteiger charge is 2.44. The summed E-state index contributed by atoms with van der Waals surface area (Å²) in [6.07, 6.45) is 10.3. The molecular formula is C45H48N4OSi+2. The van der Waals surface area contributed by atoms with Crippen LogP contribution >= 0.6 is 0 Å². The zero-order chi connectivity index (χ0) is 35.4. The third-order valence-electron chi connectivity index (χ3n) is 11.4. The molecular weight excluding hydrogens is 641 g/mol. The summed E-state index contributed by atoms with van der Waals surface area (Å²) in [5, 5.41) is 3.87. The minimum atomic E-state index is -1.69. The molecule has 0 radical (unpaired) electrons. The van der Waals surface area contributed by atoms with Crippen molar-refractivity contribution in [3.8, 4) is 22.6 Å². The Morgan fingerprint density at radius 1 is 0.980 bits per heavy atom. The third kappa shape index (κ3) is 5.05. The first-order valence-electron chi connectivity index (χ1n) is 18.5. The van der Waals surface area contributed by atoms with Gasteiger partial charge < -0.3 is 4.42 Å². The number of nitrogens with zero attached hydrogens (tertiary/aromatic N) is 4. The van der Waals surface area contributed by atoms with E-state index in [4.69, 9.17) is 11.0 Å². The van der Waals surface area contributed by atoms with Crippen LogP contribution in [-0.2, 0) is 19.9 Å². The molecule has 2 atom stereocenters. The fourth-order valence-corrected chi connectivity index (χ4v) is 10.9. The van der Waals surface area contributed by atoms with Gasteiger partial charge in [0.2, 0.25) is 5.69 Å². The summed E-state index contributed by atoms with van der Waals surface area (Å²) in [5.74, 6) is 1.42. The smallest absolute Gasteiger partial charge is 0.298 e. The van der Waals surface area contributed by atoms with Crippen LogP contribution < -0.4 is 14.3 Å². The van der Waals surface area contributed by atoms with Crippen LogP contribution in [0.5, 0.6) is 0 Å². The van der Waals surface area contributed by atoms with E-state index in [0.29, 0.717) is 5.92 Å². The lowest BCUT2D eigenvalue weighted by atomic mass is 9.77. The van der Waals surface area contributed by atoms with Crippen molar-refractivity contribution < 1.29 is 13.6 Å². The van der Waals surface area contributed by atoms with Gasteiger partial charge in [0.25, 0.3) is 5.82 Å². The molecule has 6 heteroatoms. The highest BCUT2D eigenvalue weighted by molar-refractivity contribution is 6.89. The Balaban J connectivity index is 1.32. The summed E-state index contributed by atoms with van der Waals surface area (Å²) in [6, 6.07) is 27.2. The summed E-state index contributed by atoms with van der Waals surface area (Å²) in [4.78, 5) is 4.58. The maximum Gasteiger partial charge on any atom is 0.298 e. The molecule has 7 aromatic rings. The fourth-order valence-electron chi connectivity index (χ4n) is 9.27. The molecule has 0 fully saturated rings. The van der Waals surface area contributed by atoms with Crippen molar-refractivity contribution in [1.29, 1.82) is 0 Å². The second-order valence-electron chi connectivity index (χ2n) is 17.2. The van der Waals surface area contributed by atoms with Gasteiger partial charge in [0.05, 0.1) is 27.7 Å². The average molecular weight is 689 g/mol. The van der Waals surface area contributed by atoms with Crippen molar-refractivity contribution in [1.82, 2.24) is 9.55 Å². The van der Waals surface area contributed by atoms with Gasteiger partial charge in [0.15, 0.2) is 28.9 Å². The molecule has 5 nitrogen and oxygen atoms in total. The lowest BCUT2D eigenvalue weighted by Gasteiger charge is -2.33. The van der Waals surface area contributed by atoms with Gasteiger partial charge in [-0.1, -0.05) is 95.5 Å². The first-order valence-corrected chi connectivity index (χ1v) is 22.0. The molecule has 51 heavy (non-hydrogen) atoms. The lowest BCUT2D eigenvalue weighted by Crippen LogP contribution is -2.54. The van der Waals surface area contributed by atoms with Gasteiger partial charge in [-0.15, -0.1) is 0 Å². The van der Waals surface area contributed by atoms with Crippen molar-refractivity contribution in [2.24, 2.45) is 12.5 Å². The van der Waals surface area contributed by atoms with Crippen LogP contribution in [0.1, 0.15) is 62.3 Å². The predicted octanol–water partition coefficient (Wildman–Crippen LogP) is 9.66. The topological polar surface area (TPSA) is 38.7 Å². The molecule has 9 rings (SSSR count). The molecule has 0 saturated carbocycles. The third-order valence-corrected chi connectivity index (χ3v) is 13.5. The monoisotopic (exact) mass is 688 g/mol. The van der Waals surface area contributed by atoms with Gasteiger partial charge in [0, 0.05) is 45.8 Å².